The number of nitrogen functional groups attached to an aromatic ring is 1. The van der Waals surface area contributed by atoms with Gasteiger partial charge in [0, 0.05) is 23.1 Å². The minimum Gasteiger partial charge on any atom is -0.369 e. The van der Waals surface area contributed by atoms with Crippen LogP contribution in [0.1, 0.15) is 22.6 Å². The van der Waals surface area contributed by atoms with Gasteiger partial charge < -0.3 is 21.0 Å². The molecule has 21 heavy (non-hydrogen) atoms. The third kappa shape index (κ3) is 3.05. The summed E-state index contributed by atoms with van der Waals surface area (Å²) in [5.74, 6) is 0.336. The molecule has 0 fully saturated rings. The molecule has 1 amide bonds. The fraction of sp³-hybridized carbons (Fsp3) is 0.200. The number of anilines is 1. The lowest BCUT2D eigenvalue weighted by atomic mass is 10.2. The first-order chi connectivity index (χ1) is 10.2. The monoisotopic (exact) mass is 283 g/mol. The van der Waals surface area contributed by atoms with Gasteiger partial charge >= 0.3 is 0 Å². The van der Waals surface area contributed by atoms with E-state index in [1.807, 2.05) is 30.3 Å². The van der Waals surface area contributed by atoms with Crippen LogP contribution in [0.3, 0.4) is 0 Å². The van der Waals surface area contributed by atoms with E-state index >= 15 is 0 Å². The van der Waals surface area contributed by atoms with E-state index in [0.29, 0.717) is 18.2 Å². The maximum atomic E-state index is 12.0. The number of aromatic nitrogens is 3. The molecule has 5 N–H and O–H groups in total. The summed E-state index contributed by atoms with van der Waals surface area (Å²) in [5, 5.41) is 3.94. The molecule has 108 valence electrons. The molecule has 6 heteroatoms. The topological polar surface area (TPSA) is 99.6 Å². The summed E-state index contributed by atoms with van der Waals surface area (Å²) in [6.45, 7) is 0.604. The first-order valence-electron chi connectivity index (χ1n) is 6.88. The molecule has 1 aromatic carbocycles. The Morgan fingerprint density at radius 3 is 2.90 bits per heavy atom. The first kappa shape index (κ1) is 13.2. The standard InChI is InChI=1S/C15H17N5O/c16-15-18-9-11(19-15)5-3-7-17-14(21)13-8-10-4-1-2-6-12(10)20-13/h1-2,4,6,8-9,20H,3,5,7H2,(H,17,21)(H3,16,18,19). The number of nitrogens with two attached hydrogens (primary N) is 1. The molecule has 2 heterocycles. The number of aryl methyl sites for hydroxylation is 1. The van der Waals surface area contributed by atoms with Crippen LogP contribution in [-0.4, -0.2) is 27.4 Å². The van der Waals surface area contributed by atoms with Crippen LogP contribution < -0.4 is 11.1 Å². The lowest BCUT2D eigenvalue weighted by molar-refractivity contribution is 0.0949. The number of carbonyl (C=O) groups is 1. The predicted octanol–water partition coefficient (Wildman–Crippen LogP) is 1.84. The van der Waals surface area contributed by atoms with Gasteiger partial charge in [-0.1, -0.05) is 18.2 Å². The Bertz CT molecular complexity index is 725. The maximum absolute atomic E-state index is 12.0. The van der Waals surface area contributed by atoms with Crippen LogP contribution in [0.2, 0.25) is 0 Å². The Hall–Kier alpha value is -2.76. The molecule has 3 aromatic rings. The van der Waals surface area contributed by atoms with Gasteiger partial charge in [0.1, 0.15) is 5.69 Å². The molecule has 0 bridgehead atoms. The lowest BCUT2D eigenvalue weighted by Crippen LogP contribution is -2.25. The van der Waals surface area contributed by atoms with Gasteiger partial charge in [0.2, 0.25) is 0 Å². The normalized spacial score (nSPS) is 10.9. The van der Waals surface area contributed by atoms with Crippen molar-refractivity contribution in [1.29, 1.82) is 0 Å². The van der Waals surface area contributed by atoms with Crippen LogP contribution in [0.15, 0.2) is 36.5 Å². The number of hydrogen-bond acceptors (Lipinski definition) is 3. The third-order valence-electron chi connectivity index (χ3n) is 3.33. The molecule has 0 saturated heterocycles. The van der Waals surface area contributed by atoms with E-state index in [4.69, 9.17) is 5.73 Å². The number of imidazole rings is 1. The van der Waals surface area contributed by atoms with Crippen molar-refractivity contribution in [3.05, 3.63) is 47.9 Å². The largest absolute Gasteiger partial charge is 0.369 e. The van der Waals surface area contributed by atoms with Crippen molar-refractivity contribution in [2.24, 2.45) is 0 Å². The van der Waals surface area contributed by atoms with Crippen LogP contribution in [0.4, 0.5) is 5.95 Å². The molecule has 0 aliphatic carbocycles. The lowest BCUT2D eigenvalue weighted by Gasteiger charge is -2.02. The van der Waals surface area contributed by atoms with Crippen LogP contribution in [-0.2, 0) is 6.42 Å². The predicted molar refractivity (Wildman–Crippen MR) is 82.0 cm³/mol. The molecule has 3 rings (SSSR count). The zero-order chi connectivity index (χ0) is 14.7. The summed E-state index contributed by atoms with van der Waals surface area (Å²) < 4.78 is 0. The summed E-state index contributed by atoms with van der Waals surface area (Å²) in [5.41, 5.74) is 8.04. The molecular formula is C15H17N5O. The van der Waals surface area contributed by atoms with E-state index in [2.05, 4.69) is 20.3 Å². The number of amides is 1. The van der Waals surface area contributed by atoms with Crippen molar-refractivity contribution in [1.82, 2.24) is 20.3 Å². The molecule has 2 aromatic heterocycles. The highest BCUT2D eigenvalue weighted by Crippen LogP contribution is 2.14. The average molecular weight is 283 g/mol. The van der Waals surface area contributed by atoms with Crippen molar-refractivity contribution in [3.63, 3.8) is 0 Å². The average Bonchev–Trinajstić information content (AvgIpc) is 3.09. The number of benzene rings is 1. The van der Waals surface area contributed by atoms with E-state index in [-0.39, 0.29) is 5.91 Å². The molecular weight excluding hydrogens is 266 g/mol. The number of para-hydroxylation sites is 1. The van der Waals surface area contributed by atoms with Crippen LogP contribution in [0.25, 0.3) is 10.9 Å². The molecule has 0 radical (unpaired) electrons. The molecule has 0 aliphatic heterocycles. The highest BCUT2D eigenvalue weighted by molar-refractivity contribution is 5.97. The second-order valence-corrected chi connectivity index (χ2v) is 4.92. The number of nitrogens with one attached hydrogen (secondary N) is 3. The van der Waals surface area contributed by atoms with Crippen LogP contribution in [0, 0.1) is 0 Å². The molecule has 6 nitrogen and oxygen atoms in total. The van der Waals surface area contributed by atoms with Crippen molar-refractivity contribution in [2.75, 3.05) is 12.3 Å². The third-order valence-corrected chi connectivity index (χ3v) is 3.33. The quantitative estimate of drug-likeness (QED) is 0.537. The molecule has 0 saturated carbocycles. The van der Waals surface area contributed by atoms with Gasteiger partial charge in [-0.25, -0.2) is 4.98 Å². The van der Waals surface area contributed by atoms with E-state index in [9.17, 15) is 4.79 Å². The van der Waals surface area contributed by atoms with Gasteiger partial charge in [0.05, 0.1) is 6.20 Å². The van der Waals surface area contributed by atoms with Crippen molar-refractivity contribution in [3.8, 4) is 0 Å². The fourth-order valence-electron chi connectivity index (χ4n) is 2.28. The van der Waals surface area contributed by atoms with Crippen LogP contribution >= 0.6 is 0 Å². The van der Waals surface area contributed by atoms with E-state index in [1.165, 1.54) is 0 Å². The minimum absolute atomic E-state index is 0.0877. The summed E-state index contributed by atoms with van der Waals surface area (Å²) in [4.78, 5) is 22.1. The summed E-state index contributed by atoms with van der Waals surface area (Å²) in [6, 6.07) is 9.69. The SMILES string of the molecule is Nc1ncc(CCCNC(=O)c2cc3ccccc3[nH]2)[nH]1. The number of nitrogens with zero attached hydrogens (tertiary/aromatic N) is 1. The summed E-state index contributed by atoms with van der Waals surface area (Å²) in [6.07, 6.45) is 3.35. The Kier molecular flexibility index (Phi) is 3.59. The highest BCUT2D eigenvalue weighted by atomic mass is 16.1. The highest BCUT2D eigenvalue weighted by Gasteiger charge is 2.08. The van der Waals surface area contributed by atoms with Crippen molar-refractivity contribution < 1.29 is 4.79 Å². The fourth-order valence-corrected chi connectivity index (χ4v) is 2.28. The Morgan fingerprint density at radius 1 is 1.29 bits per heavy atom. The zero-order valence-electron chi connectivity index (χ0n) is 11.5. The van der Waals surface area contributed by atoms with Crippen LogP contribution in [0.5, 0.6) is 0 Å². The van der Waals surface area contributed by atoms with E-state index in [0.717, 1.165) is 29.4 Å². The van der Waals surface area contributed by atoms with Gasteiger partial charge in [-0.15, -0.1) is 0 Å². The Balaban J connectivity index is 1.52. The first-order valence-corrected chi connectivity index (χ1v) is 6.88. The number of H-pyrrole nitrogens is 2. The number of aromatic amines is 2. The van der Waals surface area contributed by atoms with Gasteiger partial charge in [-0.3, -0.25) is 4.79 Å². The minimum atomic E-state index is -0.0877. The van der Waals surface area contributed by atoms with Gasteiger partial charge in [0.15, 0.2) is 5.95 Å². The second kappa shape index (κ2) is 5.70. The maximum Gasteiger partial charge on any atom is 0.267 e. The summed E-state index contributed by atoms with van der Waals surface area (Å²) >= 11 is 0. The van der Waals surface area contributed by atoms with E-state index < -0.39 is 0 Å². The zero-order valence-corrected chi connectivity index (χ0v) is 11.5. The second-order valence-electron chi connectivity index (χ2n) is 4.92. The Labute approximate surface area is 121 Å². The summed E-state index contributed by atoms with van der Waals surface area (Å²) in [7, 11) is 0. The van der Waals surface area contributed by atoms with Crippen molar-refractivity contribution in [2.45, 2.75) is 12.8 Å². The van der Waals surface area contributed by atoms with E-state index in [1.54, 1.807) is 6.20 Å². The molecule has 0 atom stereocenters. The van der Waals surface area contributed by atoms with Gasteiger partial charge in [-0.05, 0) is 25.0 Å². The van der Waals surface area contributed by atoms with Gasteiger partial charge in [0.25, 0.3) is 5.91 Å². The molecule has 0 spiro atoms. The number of rotatable bonds is 5. The smallest absolute Gasteiger partial charge is 0.267 e. The number of carbonyl (C=O) groups excluding carboxylic acids is 1. The Morgan fingerprint density at radius 2 is 2.14 bits per heavy atom. The number of hydrogen-bond donors (Lipinski definition) is 4. The molecule has 0 unspecified atom stereocenters. The van der Waals surface area contributed by atoms with Crippen molar-refractivity contribution >= 4 is 22.8 Å². The number of fused-ring (bicyclic) bond motifs is 1. The van der Waals surface area contributed by atoms with Gasteiger partial charge in [-0.2, -0.15) is 0 Å². The molecule has 0 aliphatic rings.